The first-order valence-electron chi connectivity index (χ1n) is 5.83. The maximum atomic E-state index is 4.29. The average Bonchev–Trinajstić information content (AvgIpc) is 2.60. The molecule has 17 heavy (non-hydrogen) atoms. The van der Waals surface area contributed by atoms with E-state index in [2.05, 4.69) is 42.3 Å². The second kappa shape index (κ2) is 5.43. The molecule has 2 heterocycles. The van der Waals surface area contributed by atoms with Crippen LogP contribution in [0.15, 0.2) is 24.4 Å². The zero-order chi connectivity index (χ0) is 12.3. The molecular formula is C14H18N2S. The molecule has 1 N–H and O–H groups in total. The lowest BCUT2D eigenvalue weighted by atomic mass is 10.2. The van der Waals surface area contributed by atoms with Crippen molar-refractivity contribution in [1.29, 1.82) is 0 Å². The van der Waals surface area contributed by atoms with Gasteiger partial charge in [0.15, 0.2) is 0 Å². The molecule has 0 fully saturated rings. The third-order valence-corrected chi connectivity index (χ3v) is 3.77. The molecule has 2 rings (SSSR count). The van der Waals surface area contributed by atoms with E-state index < -0.39 is 0 Å². The Morgan fingerprint density at radius 1 is 1.18 bits per heavy atom. The van der Waals surface area contributed by atoms with Gasteiger partial charge in [-0.2, -0.15) is 0 Å². The van der Waals surface area contributed by atoms with Crippen molar-refractivity contribution in [2.24, 2.45) is 0 Å². The van der Waals surface area contributed by atoms with Crippen molar-refractivity contribution in [2.45, 2.75) is 33.9 Å². The third kappa shape index (κ3) is 3.38. The highest BCUT2D eigenvalue weighted by atomic mass is 32.1. The fourth-order valence-corrected chi connectivity index (χ4v) is 2.75. The smallest absolute Gasteiger partial charge is 0.0372 e. The minimum Gasteiger partial charge on any atom is -0.309 e. The first-order chi connectivity index (χ1) is 8.15. The van der Waals surface area contributed by atoms with Crippen molar-refractivity contribution in [3.63, 3.8) is 0 Å². The van der Waals surface area contributed by atoms with Gasteiger partial charge < -0.3 is 5.32 Å². The van der Waals surface area contributed by atoms with E-state index in [-0.39, 0.29) is 0 Å². The molecule has 0 aliphatic rings. The molecule has 0 aliphatic heterocycles. The summed E-state index contributed by atoms with van der Waals surface area (Å²) < 4.78 is 0. The van der Waals surface area contributed by atoms with Gasteiger partial charge >= 0.3 is 0 Å². The molecule has 2 aromatic heterocycles. The molecule has 0 saturated carbocycles. The van der Waals surface area contributed by atoms with Crippen molar-refractivity contribution in [3.05, 3.63) is 51.0 Å². The zero-order valence-electron chi connectivity index (χ0n) is 10.6. The Kier molecular flexibility index (Phi) is 3.92. The van der Waals surface area contributed by atoms with Crippen molar-refractivity contribution in [3.8, 4) is 0 Å². The molecule has 3 heteroatoms. The second-order valence-corrected chi connectivity index (χ2v) is 5.81. The molecule has 0 aliphatic carbocycles. The molecule has 0 aromatic carbocycles. The number of nitrogens with one attached hydrogen (secondary N) is 1. The summed E-state index contributed by atoms with van der Waals surface area (Å²) in [7, 11) is 0. The Balaban J connectivity index is 1.87. The number of hydrogen-bond donors (Lipinski definition) is 1. The Hall–Kier alpha value is -1.19. The lowest BCUT2D eigenvalue weighted by molar-refractivity contribution is 0.690. The van der Waals surface area contributed by atoms with Crippen LogP contribution in [0.25, 0.3) is 0 Å². The van der Waals surface area contributed by atoms with E-state index in [0.717, 1.165) is 18.8 Å². The summed E-state index contributed by atoms with van der Waals surface area (Å²) in [5, 5.41) is 3.46. The SMILES string of the molecule is Cc1ccc(CNCc2cc(C)sc2C)cn1. The Bertz CT molecular complexity index is 485. The standard InChI is InChI=1S/C14H18N2S/c1-10-4-5-13(8-16-10)7-15-9-14-6-11(2)17-12(14)3/h4-6,8,15H,7,9H2,1-3H3. The van der Waals surface area contributed by atoms with E-state index in [9.17, 15) is 0 Å². The Labute approximate surface area is 107 Å². The molecule has 0 unspecified atom stereocenters. The van der Waals surface area contributed by atoms with Crippen molar-refractivity contribution in [2.75, 3.05) is 0 Å². The van der Waals surface area contributed by atoms with Crippen LogP contribution in [0.4, 0.5) is 0 Å². The number of pyridine rings is 1. The largest absolute Gasteiger partial charge is 0.309 e. The first-order valence-corrected chi connectivity index (χ1v) is 6.65. The van der Waals surface area contributed by atoms with E-state index >= 15 is 0 Å². The first kappa shape index (κ1) is 12.3. The number of rotatable bonds is 4. The summed E-state index contributed by atoms with van der Waals surface area (Å²) >= 11 is 1.87. The number of aromatic nitrogens is 1. The summed E-state index contributed by atoms with van der Waals surface area (Å²) in [6.07, 6.45) is 1.94. The molecule has 2 nitrogen and oxygen atoms in total. The molecule has 90 valence electrons. The predicted molar refractivity (Wildman–Crippen MR) is 73.3 cm³/mol. The fraction of sp³-hybridized carbons (Fsp3) is 0.357. The second-order valence-electron chi connectivity index (χ2n) is 4.35. The van der Waals surface area contributed by atoms with Gasteiger partial charge in [0.25, 0.3) is 0 Å². The van der Waals surface area contributed by atoms with Crippen LogP contribution in [0.5, 0.6) is 0 Å². The Morgan fingerprint density at radius 3 is 2.59 bits per heavy atom. The molecule has 0 saturated heterocycles. The van der Waals surface area contributed by atoms with Gasteiger partial charge in [0.2, 0.25) is 0 Å². The summed E-state index contributed by atoms with van der Waals surface area (Å²) in [5.74, 6) is 0. The van der Waals surface area contributed by atoms with Gasteiger partial charge in [-0.3, -0.25) is 4.98 Å². The summed E-state index contributed by atoms with van der Waals surface area (Å²) in [4.78, 5) is 7.09. The minimum atomic E-state index is 0.877. The number of hydrogen-bond acceptors (Lipinski definition) is 3. The van der Waals surface area contributed by atoms with Crippen molar-refractivity contribution >= 4 is 11.3 Å². The monoisotopic (exact) mass is 246 g/mol. The van der Waals surface area contributed by atoms with Gasteiger partial charge in [-0.05, 0) is 44.0 Å². The topological polar surface area (TPSA) is 24.9 Å². The summed E-state index contributed by atoms with van der Waals surface area (Å²) in [5.41, 5.74) is 3.71. The normalized spacial score (nSPS) is 10.8. The van der Waals surface area contributed by atoms with Crippen LogP contribution < -0.4 is 5.32 Å². The maximum Gasteiger partial charge on any atom is 0.0372 e. The van der Waals surface area contributed by atoms with Gasteiger partial charge in [0.05, 0.1) is 0 Å². The van der Waals surface area contributed by atoms with Gasteiger partial charge in [-0.15, -0.1) is 11.3 Å². The highest BCUT2D eigenvalue weighted by molar-refractivity contribution is 7.12. The highest BCUT2D eigenvalue weighted by Crippen LogP contribution is 2.20. The van der Waals surface area contributed by atoms with E-state index in [0.29, 0.717) is 0 Å². The zero-order valence-corrected chi connectivity index (χ0v) is 11.4. The van der Waals surface area contributed by atoms with Crippen LogP contribution in [-0.2, 0) is 13.1 Å². The van der Waals surface area contributed by atoms with Gasteiger partial charge in [-0.25, -0.2) is 0 Å². The molecule has 0 bridgehead atoms. The fourth-order valence-electron chi connectivity index (χ4n) is 1.80. The highest BCUT2D eigenvalue weighted by Gasteiger charge is 2.02. The van der Waals surface area contributed by atoms with Gasteiger partial charge in [0, 0.05) is 34.7 Å². The van der Waals surface area contributed by atoms with Gasteiger partial charge in [-0.1, -0.05) is 6.07 Å². The molecule has 0 spiro atoms. The Morgan fingerprint density at radius 2 is 2.00 bits per heavy atom. The van der Waals surface area contributed by atoms with Crippen LogP contribution in [0.3, 0.4) is 0 Å². The molecule has 0 radical (unpaired) electrons. The predicted octanol–water partition coefficient (Wildman–Crippen LogP) is 3.36. The summed E-state index contributed by atoms with van der Waals surface area (Å²) in [6, 6.07) is 6.44. The van der Waals surface area contributed by atoms with Crippen LogP contribution >= 0.6 is 11.3 Å². The lowest BCUT2D eigenvalue weighted by Gasteiger charge is -2.04. The van der Waals surface area contributed by atoms with E-state index in [1.165, 1.54) is 20.9 Å². The van der Waals surface area contributed by atoms with Crippen LogP contribution in [0, 0.1) is 20.8 Å². The van der Waals surface area contributed by atoms with Crippen LogP contribution in [-0.4, -0.2) is 4.98 Å². The average molecular weight is 246 g/mol. The summed E-state index contributed by atoms with van der Waals surface area (Å²) in [6.45, 7) is 8.16. The maximum absolute atomic E-state index is 4.29. The number of aryl methyl sites for hydroxylation is 3. The molecular weight excluding hydrogens is 228 g/mol. The number of nitrogens with zero attached hydrogens (tertiary/aromatic N) is 1. The van der Waals surface area contributed by atoms with E-state index in [1.807, 2.05) is 24.5 Å². The van der Waals surface area contributed by atoms with Gasteiger partial charge in [0.1, 0.15) is 0 Å². The molecule has 2 aromatic rings. The van der Waals surface area contributed by atoms with Crippen molar-refractivity contribution in [1.82, 2.24) is 10.3 Å². The van der Waals surface area contributed by atoms with Crippen molar-refractivity contribution < 1.29 is 0 Å². The lowest BCUT2D eigenvalue weighted by Crippen LogP contribution is -2.12. The van der Waals surface area contributed by atoms with E-state index in [1.54, 1.807) is 0 Å². The molecule has 0 amide bonds. The van der Waals surface area contributed by atoms with Crippen LogP contribution in [0.1, 0.15) is 26.6 Å². The van der Waals surface area contributed by atoms with E-state index in [4.69, 9.17) is 0 Å². The number of thiophene rings is 1. The quantitative estimate of drug-likeness (QED) is 0.894. The minimum absolute atomic E-state index is 0.877. The third-order valence-electron chi connectivity index (χ3n) is 2.76. The van der Waals surface area contributed by atoms with Crippen LogP contribution in [0.2, 0.25) is 0 Å². The molecule has 0 atom stereocenters.